The summed E-state index contributed by atoms with van der Waals surface area (Å²) in [4.78, 5) is 8.95. The van der Waals surface area contributed by atoms with Gasteiger partial charge in [-0.05, 0) is 31.5 Å². The van der Waals surface area contributed by atoms with Crippen molar-refractivity contribution in [3.8, 4) is 22.8 Å². The first-order chi connectivity index (χ1) is 13.2. The molecule has 1 aliphatic heterocycles. The number of nitrogens with one attached hydrogen (secondary N) is 1. The van der Waals surface area contributed by atoms with Gasteiger partial charge in [-0.2, -0.15) is 5.10 Å². The fourth-order valence-electron chi connectivity index (χ4n) is 3.10. The Morgan fingerprint density at radius 3 is 2.93 bits per heavy atom. The van der Waals surface area contributed by atoms with E-state index < -0.39 is 0 Å². The summed E-state index contributed by atoms with van der Waals surface area (Å²) in [5, 5.41) is 7.70. The summed E-state index contributed by atoms with van der Waals surface area (Å²) >= 11 is 0. The summed E-state index contributed by atoms with van der Waals surface area (Å²) in [7, 11) is 0. The molecule has 0 fully saturated rings. The lowest BCUT2D eigenvalue weighted by Gasteiger charge is -2.26. The molecule has 1 atom stereocenters. The minimum atomic E-state index is -0.0961. The van der Waals surface area contributed by atoms with E-state index in [1.165, 1.54) is 0 Å². The predicted molar refractivity (Wildman–Crippen MR) is 103 cm³/mol. The van der Waals surface area contributed by atoms with Gasteiger partial charge in [0.2, 0.25) is 5.95 Å². The van der Waals surface area contributed by atoms with Gasteiger partial charge in [-0.3, -0.25) is 4.68 Å². The zero-order valence-corrected chi connectivity index (χ0v) is 15.6. The van der Waals surface area contributed by atoms with Crippen molar-refractivity contribution in [2.45, 2.75) is 32.9 Å². The highest BCUT2D eigenvalue weighted by molar-refractivity contribution is 5.61. The van der Waals surface area contributed by atoms with E-state index in [4.69, 9.17) is 9.47 Å². The first-order valence-electron chi connectivity index (χ1n) is 9.22. The van der Waals surface area contributed by atoms with Crippen molar-refractivity contribution in [1.82, 2.24) is 19.7 Å². The van der Waals surface area contributed by atoms with Crippen LogP contribution in [0.25, 0.3) is 11.3 Å². The number of fused-ring (bicyclic) bond motifs is 1. The fraction of sp³-hybridized carbons (Fsp3) is 0.350. The molecule has 7 heteroatoms. The molecule has 1 unspecified atom stereocenters. The number of rotatable bonds is 6. The van der Waals surface area contributed by atoms with Crippen LogP contribution >= 0.6 is 0 Å². The fourth-order valence-corrected chi connectivity index (χ4v) is 3.10. The lowest BCUT2D eigenvalue weighted by atomic mass is 10.2. The number of ether oxygens (including phenoxy) is 2. The minimum Gasteiger partial charge on any atom is -0.486 e. The van der Waals surface area contributed by atoms with Gasteiger partial charge in [-0.1, -0.05) is 19.1 Å². The molecule has 1 aliphatic rings. The van der Waals surface area contributed by atoms with Crippen molar-refractivity contribution in [1.29, 1.82) is 0 Å². The van der Waals surface area contributed by atoms with Gasteiger partial charge in [0.05, 0.1) is 18.4 Å². The van der Waals surface area contributed by atoms with Crippen LogP contribution in [-0.2, 0) is 6.54 Å². The molecule has 0 amide bonds. The van der Waals surface area contributed by atoms with Crippen LogP contribution in [0, 0.1) is 6.92 Å². The molecule has 4 rings (SSSR count). The Labute approximate surface area is 158 Å². The summed E-state index contributed by atoms with van der Waals surface area (Å²) in [6.45, 7) is 6.17. The average Bonchev–Trinajstić information content (AvgIpc) is 3.07. The van der Waals surface area contributed by atoms with E-state index in [9.17, 15) is 0 Å². The van der Waals surface area contributed by atoms with Gasteiger partial charge in [-0.25, -0.2) is 9.97 Å². The van der Waals surface area contributed by atoms with E-state index in [1.54, 1.807) is 6.20 Å². The molecule has 0 bridgehead atoms. The number of anilines is 1. The maximum absolute atomic E-state index is 5.96. The van der Waals surface area contributed by atoms with Crippen molar-refractivity contribution in [2.24, 2.45) is 0 Å². The monoisotopic (exact) mass is 365 g/mol. The molecule has 140 valence electrons. The Bertz CT molecular complexity index is 924. The average molecular weight is 365 g/mol. The van der Waals surface area contributed by atoms with Crippen LogP contribution in [0.3, 0.4) is 0 Å². The second-order valence-electron chi connectivity index (χ2n) is 6.51. The lowest BCUT2D eigenvalue weighted by Crippen LogP contribution is -2.35. The van der Waals surface area contributed by atoms with Gasteiger partial charge in [0.1, 0.15) is 12.7 Å². The number of aromatic nitrogens is 4. The summed E-state index contributed by atoms with van der Waals surface area (Å²) in [5.74, 6) is 2.12. The van der Waals surface area contributed by atoms with Gasteiger partial charge < -0.3 is 14.8 Å². The zero-order valence-electron chi connectivity index (χ0n) is 15.6. The Kier molecular flexibility index (Phi) is 4.91. The largest absolute Gasteiger partial charge is 0.486 e. The Morgan fingerprint density at radius 2 is 2.07 bits per heavy atom. The molecule has 0 spiro atoms. The number of hydrogen-bond acceptors (Lipinski definition) is 6. The molecular weight excluding hydrogens is 342 g/mol. The van der Waals surface area contributed by atoms with E-state index in [2.05, 4.69) is 34.2 Å². The van der Waals surface area contributed by atoms with Crippen molar-refractivity contribution in [3.63, 3.8) is 0 Å². The van der Waals surface area contributed by atoms with E-state index in [0.717, 1.165) is 41.4 Å². The highest BCUT2D eigenvalue weighted by Gasteiger charge is 2.20. The molecule has 0 saturated carbocycles. The van der Waals surface area contributed by atoms with Gasteiger partial charge in [0.15, 0.2) is 11.5 Å². The minimum absolute atomic E-state index is 0.0961. The summed E-state index contributed by atoms with van der Waals surface area (Å²) in [5.41, 5.74) is 3.00. The molecule has 0 saturated heterocycles. The molecule has 0 radical (unpaired) electrons. The number of para-hydroxylation sites is 2. The van der Waals surface area contributed by atoms with E-state index in [1.807, 2.05) is 41.2 Å². The molecule has 3 heterocycles. The van der Waals surface area contributed by atoms with Crippen LogP contribution in [0.2, 0.25) is 0 Å². The van der Waals surface area contributed by atoms with Crippen LogP contribution in [0.4, 0.5) is 5.95 Å². The number of aryl methyl sites for hydroxylation is 1. The first-order valence-corrected chi connectivity index (χ1v) is 9.22. The molecule has 3 aromatic rings. The third kappa shape index (κ3) is 3.72. The van der Waals surface area contributed by atoms with Crippen LogP contribution in [0.15, 0.2) is 42.7 Å². The molecular formula is C20H23N5O2. The highest BCUT2D eigenvalue weighted by atomic mass is 16.6. The molecule has 27 heavy (non-hydrogen) atoms. The molecule has 1 N–H and O–H groups in total. The molecule has 1 aromatic carbocycles. The van der Waals surface area contributed by atoms with Crippen LogP contribution in [-0.4, -0.2) is 39.0 Å². The summed E-state index contributed by atoms with van der Waals surface area (Å²) < 4.78 is 13.7. The van der Waals surface area contributed by atoms with Crippen molar-refractivity contribution >= 4 is 5.95 Å². The van der Waals surface area contributed by atoms with Gasteiger partial charge >= 0.3 is 0 Å². The van der Waals surface area contributed by atoms with Crippen LogP contribution in [0.1, 0.15) is 19.0 Å². The topological polar surface area (TPSA) is 74.1 Å². The summed E-state index contributed by atoms with van der Waals surface area (Å²) in [6, 6.07) is 9.60. The second-order valence-corrected chi connectivity index (χ2v) is 6.51. The Balaban J connectivity index is 1.43. The zero-order chi connectivity index (χ0) is 18.6. The number of benzene rings is 1. The van der Waals surface area contributed by atoms with Crippen molar-refractivity contribution < 1.29 is 9.47 Å². The van der Waals surface area contributed by atoms with Crippen molar-refractivity contribution in [3.05, 3.63) is 48.4 Å². The van der Waals surface area contributed by atoms with Gasteiger partial charge in [0.25, 0.3) is 0 Å². The van der Waals surface area contributed by atoms with Gasteiger partial charge in [0, 0.05) is 24.0 Å². The first kappa shape index (κ1) is 17.3. The predicted octanol–water partition coefficient (Wildman–Crippen LogP) is 3.31. The standard InChI is InChI=1S/C20H23N5O2/c1-3-10-25-14(2)16(12-23-25)17-8-9-21-20(24-17)22-11-15-13-26-18-6-4-5-7-19(18)27-15/h4-9,12,15H,3,10-11,13H2,1-2H3,(H,21,22,24). The maximum atomic E-state index is 5.96. The number of nitrogens with zero attached hydrogens (tertiary/aromatic N) is 4. The molecule has 2 aromatic heterocycles. The van der Waals surface area contributed by atoms with E-state index in [-0.39, 0.29) is 6.10 Å². The van der Waals surface area contributed by atoms with E-state index >= 15 is 0 Å². The lowest BCUT2D eigenvalue weighted by molar-refractivity contribution is 0.0996. The quantitative estimate of drug-likeness (QED) is 0.722. The summed E-state index contributed by atoms with van der Waals surface area (Å²) in [6.07, 6.45) is 4.58. The SMILES string of the molecule is CCCn1ncc(-c2ccnc(NCC3COc4ccccc4O3)n2)c1C. The van der Waals surface area contributed by atoms with E-state index in [0.29, 0.717) is 19.1 Å². The normalized spacial score (nSPS) is 15.6. The third-order valence-electron chi connectivity index (χ3n) is 4.53. The number of hydrogen-bond donors (Lipinski definition) is 1. The smallest absolute Gasteiger partial charge is 0.223 e. The van der Waals surface area contributed by atoms with Crippen LogP contribution < -0.4 is 14.8 Å². The van der Waals surface area contributed by atoms with Gasteiger partial charge in [-0.15, -0.1) is 0 Å². The van der Waals surface area contributed by atoms with Crippen molar-refractivity contribution in [2.75, 3.05) is 18.5 Å². The maximum Gasteiger partial charge on any atom is 0.223 e. The highest BCUT2D eigenvalue weighted by Crippen LogP contribution is 2.30. The molecule has 7 nitrogen and oxygen atoms in total. The molecule has 0 aliphatic carbocycles. The second kappa shape index (κ2) is 7.65. The Hall–Kier alpha value is -3.09. The Morgan fingerprint density at radius 1 is 1.22 bits per heavy atom. The third-order valence-corrected chi connectivity index (χ3v) is 4.53. The van der Waals surface area contributed by atoms with Crippen LogP contribution in [0.5, 0.6) is 11.5 Å².